The van der Waals surface area contributed by atoms with Crippen LogP contribution in [0.3, 0.4) is 0 Å². The monoisotopic (exact) mass is 449 g/mol. The van der Waals surface area contributed by atoms with Gasteiger partial charge in [-0.1, -0.05) is 78.9 Å². The van der Waals surface area contributed by atoms with Crippen LogP contribution in [0.1, 0.15) is 25.2 Å². The molecule has 8 rings (SSSR count). The van der Waals surface area contributed by atoms with E-state index in [1.54, 1.807) is 0 Å². The number of furan rings is 1. The van der Waals surface area contributed by atoms with Crippen molar-refractivity contribution in [3.63, 3.8) is 0 Å². The molecule has 0 saturated carbocycles. The van der Waals surface area contributed by atoms with Gasteiger partial charge in [0.15, 0.2) is 5.58 Å². The van der Waals surface area contributed by atoms with Gasteiger partial charge >= 0.3 is 0 Å². The fourth-order valence-corrected chi connectivity index (χ4v) is 6.34. The SMILES string of the molecule is CC1(C)c2ccccc2-c2c1oc1c2ccc2c3c4ccccc4ccc3n(-c3ccccc3)c21. The van der Waals surface area contributed by atoms with E-state index in [9.17, 15) is 0 Å². The molecule has 0 atom stereocenters. The summed E-state index contributed by atoms with van der Waals surface area (Å²) in [6, 6.07) is 37.1. The van der Waals surface area contributed by atoms with Gasteiger partial charge in [-0.05, 0) is 60.0 Å². The van der Waals surface area contributed by atoms with Crippen molar-refractivity contribution in [2.24, 2.45) is 0 Å². The summed E-state index contributed by atoms with van der Waals surface area (Å²) >= 11 is 0. The molecule has 2 heterocycles. The molecule has 0 spiro atoms. The van der Waals surface area contributed by atoms with Crippen LogP contribution in [0.2, 0.25) is 0 Å². The maximum absolute atomic E-state index is 6.90. The zero-order valence-electron chi connectivity index (χ0n) is 19.7. The van der Waals surface area contributed by atoms with Gasteiger partial charge in [-0.2, -0.15) is 0 Å². The largest absolute Gasteiger partial charge is 0.457 e. The Kier molecular flexibility index (Phi) is 3.50. The first kappa shape index (κ1) is 19.1. The average Bonchev–Trinajstić information content (AvgIpc) is 3.52. The molecule has 2 heteroatoms. The van der Waals surface area contributed by atoms with Crippen LogP contribution in [-0.4, -0.2) is 4.57 Å². The number of rotatable bonds is 1. The summed E-state index contributed by atoms with van der Waals surface area (Å²) in [6.07, 6.45) is 0. The molecular weight excluding hydrogens is 426 g/mol. The third kappa shape index (κ3) is 2.29. The predicted molar refractivity (Wildman–Crippen MR) is 146 cm³/mol. The van der Waals surface area contributed by atoms with Crippen LogP contribution in [0.15, 0.2) is 108 Å². The van der Waals surface area contributed by atoms with Crippen LogP contribution in [0.5, 0.6) is 0 Å². The lowest BCUT2D eigenvalue weighted by Gasteiger charge is -2.18. The molecule has 1 aliphatic carbocycles. The number of para-hydroxylation sites is 1. The van der Waals surface area contributed by atoms with E-state index in [1.807, 2.05) is 0 Å². The van der Waals surface area contributed by atoms with E-state index >= 15 is 0 Å². The van der Waals surface area contributed by atoms with Crippen LogP contribution in [0.4, 0.5) is 0 Å². The van der Waals surface area contributed by atoms with Gasteiger partial charge < -0.3 is 8.98 Å². The zero-order chi connectivity index (χ0) is 23.3. The van der Waals surface area contributed by atoms with Gasteiger partial charge in [0.1, 0.15) is 5.76 Å². The fraction of sp³-hybridized carbons (Fsp3) is 0.0909. The summed E-state index contributed by atoms with van der Waals surface area (Å²) in [5.41, 5.74) is 8.16. The second-order valence-corrected chi connectivity index (χ2v) is 10.2. The first-order chi connectivity index (χ1) is 17.1. The molecule has 35 heavy (non-hydrogen) atoms. The lowest BCUT2D eigenvalue weighted by Crippen LogP contribution is -2.14. The van der Waals surface area contributed by atoms with Crippen molar-refractivity contribution in [2.45, 2.75) is 19.3 Å². The average molecular weight is 450 g/mol. The Balaban J connectivity index is 1.62. The van der Waals surface area contributed by atoms with Gasteiger partial charge in [0.05, 0.1) is 11.0 Å². The lowest BCUT2D eigenvalue weighted by atomic mass is 9.86. The summed E-state index contributed by atoms with van der Waals surface area (Å²) in [5, 5.41) is 6.22. The predicted octanol–water partition coefficient (Wildman–Crippen LogP) is 8.99. The van der Waals surface area contributed by atoms with Crippen molar-refractivity contribution < 1.29 is 4.42 Å². The second-order valence-electron chi connectivity index (χ2n) is 10.2. The van der Waals surface area contributed by atoms with Crippen molar-refractivity contribution in [3.8, 4) is 16.8 Å². The molecule has 0 N–H and O–H groups in total. The van der Waals surface area contributed by atoms with E-state index < -0.39 is 0 Å². The summed E-state index contributed by atoms with van der Waals surface area (Å²) in [5.74, 6) is 1.07. The third-order valence-corrected chi connectivity index (χ3v) is 7.92. The molecule has 166 valence electrons. The van der Waals surface area contributed by atoms with E-state index in [2.05, 4.69) is 122 Å². The van der Waals surface area contributed by atoms with Crippen molar-refractivity contribution >= 4 is 43.5 Å². The van der Waals surface area contributed by atoms with Crippen molar-refractivity contribution in [2.75, 3.05) is 0 Å². The number of benzene rings is 5. The summed E-state index contributed by atoms with van der Waals surface area (Å²) in [4.78, 5) is 0. The highest BCUT2D eigenvalue weighted by Crippen LogP contribution is 2.54. The number of hydrogen-bond acceptors (Lipinski definition) is 1. The Morgan fingerprint density at radius 3 is 2.29 bits per heavy atom. The van der Waals surface area contributed by atoms with Crippen LogP contribution in [0, 0.1) is 0 Å². The van der Waals surface area contributed by atoms with Crippen LogP contribution in [0.25, 0.3) is 60.4 Å². The minimum Gasteiger partial charge on any atom is -0.457 e. The van der Waals surface area contributed by atoms with Gasteiger partial charge in [0, 0.05) is 32.8 Å². The molecule has 2 aromatic heterocycles. The van der Waals surface area contributed by atoms with E-state index in [-0.39, 0.29) is 5.41 Å². The highest BCUT2D eigenvalue weighted by Gasteiger charge is 2.40. The maximum atomic E-state index is 6.90. The molecule has 1 aliphatic rings. The van der Waals surface area contributed by atoms with Crippen molar-refractivity contribution in [1.82, 2.24) is 4.57 Å². The molecule has 0 aliphatic heterocycles. The molecule has 0 fully saturated rings. The van der Waals surface area contributed by atoms with Gasteiger partial charge in [-0.25, -0.2) is 0 Å². The van der Waals surface area contributed by atoms with Gasteiger partial charge in [-0.15, -0.1) is 0 Å². The third-order valence-electron chi connectivity index (χ3n) is 7.92. The van der Waals surface area contributed by atoms with Crippen LogP contribution >= 0.6 is 0 Å². The number of nitrogens with zero attached hydrogens (tertiary/aromatic N) is 1. The van der Waals surface area contributed by atoms with E-state index in [4.69, 9.17) is 4.42 Å². The molecule has 2 nitrogen and oxygen atoms in total. The first-order valence-corrected chi connectivity index (χ1v) is 12.2. The Morgan fingerprint density at radius 1 is 0.657 bits per heavy atom. The molecule has 0 bridgehead atoms. The molecule has 0 amide bonds. The molecule has 0 saturated heterocycles. The quantitative estimate of drug-likeness (QED) is 0.244. The number of fused-ring (bicyclic) bond motifs is 11. The van der Waals surface area contributed by atoms with E-state index in [0.717, 1.165) is 22.5 Å². The maximum Gasteiger partial charge on any atom is 0.159 e. The molecule has 0 radical (unpaired) electrons. The van der Waals surface area contributed by atoms with Crippen LogP contribution < -0.4 is 0 Å². The summed E-state index contributed by atoms with van der Waals surface area (Å²) < 4.78 is 9.29. The molecule has 5 aromatic carbocycles. The van der Waals surface area contributed by atoms with Crippen LogP contribution in [-0.2, 0) is 5.41 Å². The Hall–Kier alpha value is -4.30. The Labute approximate surface area is 203 Å². The zero-order valence-corrected chi connectivity index (χ0v) is 19.7. The van der Waals surface area contributed by atoms with E-state index in [0.29, 0.717) is 0 Å². The summed E-state index contributed by atoms with van der Waals surface area (Å²) in [7, 11) is 0. The van der Waals surface area contributed by atoms with Crippen molar-refractivity contribution in [1.29, 1.82) is 0 Å². The van der Waals surface area contributed by atoms with Crippen molar-refractivity contribution in [3.05, 3.63) is 114 Å². The highest BCUT2D eigenvalue weighted by atomic mass is 16.3. The molecule has 7 aromatic rings. The normalized spacial score (nSPS) is 14.2. The standard InChI is InChI=1S/C33H23NO/c1-33(2)26-15-9-8-14-23(26)29-25-18-17-24-28-22-13-7-6-10-20(22)16-19-27(28)34(21-11-4-3-5-12-21)30(24)31(25)35-32(29)33/h3-19H,1-2H3. The first-order valence-electron chi connectivity index (χ1n) is 12.2. The van der Waals surface area contributed by atoms with Gasteiger partial charge in [-0.3, -0.25) is 0 Å². The Morgan fingerprint density at radius 2 is 1.40 bits per heavy atom. The second kappa shape index (κ2) is 6.43. The minimum atomic E-state index is -0.173. The summed E-state index contributed by atoms with van der Waals surface area (Å²) in [6.45, 7) is 4.55. The molecular formula is C33H23NO. The number of hydrogen-bond donors (Lipinski definition) is 0. The number of aromatic nitrogens is 1. The van der Waals surface area contributed by atoms with Gasteiger partial charge in [0.25, 0.3) is 0 Å². The fourth-order valence-electron chi connectivity index (χ4n) is 6.34. The topological polar surface area (TPSA) is 18.1 Å². The molecule has 0 unspecified atom stereocenters. The Bertz CT molecular complexity index is 1970. The van der Waals surface area contributed by atoms with E-state index in [1.165, 1.54) is 49.1 Å². The smallest absolute Gasteiger partial charge is 0.159 e. The van der Waals surface area contributed by atoms with Gasteiger partial charge in [0.2, 0.25) is 0 Å². The minimum absolute atomic E-state index is 0.173. The highest BCUT2D eigenvalue weighted by molar-refractivity contribution is 6.26. The lowest BCUT2D eigenvalue weighted by molar-refractivity contribution is 0.466.